The second kappa shape index (κ2) is 50.3. The molecule has 0 aliphatic carbocycles. The lowest BCUT2D eigenvalue weighted by Gasteiger charge is -2.20. The molecular weight excluding hydrogens is 862 g/mol. The Labute approximate surface area is 407 Å². The molecule has 67 heavy (non-hydrogen) atoms. The molecule has 0 aromatic heterocycles. The summed E-state index contributed by atoms with van der Waals surface area (Å²) in [7, 11) is -4.64. The van der Waals surface area contributed by atoms with Crippen molar-refractivity contribution in [2.24, 2.45) is 5.73 Å². The van der Waals surface area contributed by atoms with E-state index in [1.807, 2.05) is 0 Å². The van der Waals surface area contributed by atoms with E-state index >= 15 is 0 Å². The number of aliphatic carboxylic acids is 1. The molecule has 0 fully saturated rings. The molecule has 0 radical (unpaired) electrons. The van der Waals surface area contributed by atoms with Gasteiger partial charge in [0.15, 0.2) is 0 Å². The SMILES string of the molecule is CC/C=C\C/C=C\C/C=C\C/C=C\C/C=C\C/C=C\CCCCCCC(=O)OC(COCCCCCCCCCCC/C=C\C/C=C\C/C=C\C/C=C\CC)COP(=O)(O)OCC(N)C(=O)O. The number of carbonyl (C=O) groups excluding carboxylic acids is 1. The van der Waals surface area contributed by atoms with Crippen LogP contribution >= 0.6 is 7.82 Å². The van der Waals surface area contributed by atoms with Crippen molar-refractivity contribution < 1.29 is 42.7 Å². The maximum atomic E-state index is 12.7. The van der Waals surface area contributed by atoms with Gasteiger partial charge in [-0.05, 0) is 103 Å². The van der Waals surface area contributed by atoms with Crippen molar-refractivity contribution in [1.29, 1.82) is 0 Å². The van der Waals surface area contributed by atoms with Crippen LogP contribution in [0.1, 0.15) is 181 Å². The second-order valence-corrected chi connectivity index (χ2v) is 18.0. The van der Waals surface area contributed by atoms with Crippen molar-refractivity contribution in [3.63, 3.8) is 0 Å². The normalized spacial score (nSPS) is 14.7. The molecule has 0 spiro atoms. The fourth-order valence-electron chi connectivity index (χ4n) is 6.36. The van der Waals surface area contributed by atoms with Crippen LogP contribution in [0.4, 0.5) is 0 Å². The van der Waals surface area contributed by atoms with Gasteiger partial charge in [0.05, 0.1) is 19.8 Å². The van der Waals surface area contributed by atoms with E-state index in [1.54, 1.807) is 0 Å². The van der Waals surface area contributed by atoms with Gasteiger partial charge in [-0.25, -0.2) is 4.57 Å². The average Bonchev–Trinajstić information content (AvgIpc) is 3.31. The summed E-state index contributed by atoms with van der Waals surface area (Å²) in [5.41, 5.74) is 5.37. The van der Waals surface area contributed by atoms with E-state index in [0.29, 0.717) is 13.0 Å². The number of hydrogen-bond donors (Lipinski definition) is 3. The molecule has 0 bridgehead atoms. The van der Waals surface area contributed by atoms with E-state index in [9.17, 15) is 19.0 Å². The summed E-state index contributed by atoms with van der Waals surface area (Å²) in [5, 5.41) is 8.94. The number of carboxylic acids is 1. The summed E-state index contributed by atoms with van der Waals surface area (Å²) in [6.45, 7) is 3.59. The minimum absolute atomic E-state index is 0.00670. The van der Waals surface area contributed by atoms with Crippen LogP contribution in [-0.2, 0) is 32.7 Å². The predicted molar refractivity (Wildman–Crippen MR) is 281 cm³/mol. The maximum Gasteiger partial charge on any atom is 0.472 e. The van der Waals surface area contributed by atoms with Crippen molar-refractivity contribution in [1.82, 2.24) is 0 Å². The Morgan fingerprint density at radius 3 is 1.22 bits per heavy atom. The van der Waals surface area contributed by atoms with E-state index in [4.69, 9.17) is 29.4 Å². The average molecular weight is 954 g/mol. The monoisotopic (exact) mass is 954 g/mol. The Morgan fingerprint density at radius 1 is 0.478 bits per heavy atom. The zero-order chi connectivity index (χ0) is 49.0. The molecule has 0 saturated carbocycles. The third-order valence-electron chi connectivity index (χ3n) is 10.2. The van der Waals surface area contributed by atoms with Gasteiger partial charge in [-0.3, -0.25) is 18.6 Å². The van der Waals surface area contributed by atoms with Crippen molar-refractivity contribution >= 4 is 19.8 Å². The highest BCUT2D eigenvalue weighted by Crippen LogP contribution is 2.43. The highest BCUT2D eigenvalue weighted by Gasteiger charge is 2.27. The third-order valence-corrected chi connectivity index (χ3v) is 11.2. The number of phosphoric acid groups is 1. The Hall–Kier alpha value is -3.63. The van der Waals surface area contributed by atoms with Gasteiger partial charge >= 0.3 is 19.8 Å². The Morgan fingerprint density at radius 2 is 0.821 bits per heavy atom. The molecule has 3 unspecified atom stereocenters. The van der Waals surface area contributed by atoms with Crippen LogP contribution in [-0.4, -0.2) is 60.5 Å². The summed E-state index contributed by atoms with van der Waals surface area (Å²) in [6, 6.07) is -1.49. The fraction of sp³-hybridized carbons (Fsp3) is 0.607. The van der Waals surface area contributed by atoms with E-state index in [1.165, 1.54) is 38.5 Å². The van der Waals surface area contributed by atoms with Gasteiger partial charge in [-0.2, -0.15) is 0 Å². The number of carbonyl (C=O) groups is 2. The number of carboxylic acid groups (broad SMARTS) is 1. The number of allylic oxidation sites excluding steroid dienone is 20. The molecule has 380 valence electrons. The molecule has 0 rings (SSSR count). The molecular formula is C56H92NO9P. The molecule has 0 saturated heterocycles. The smallest absolute Gasteiger partial charge is 0.472 e. The highest BCUT2D eigenvalue weighted by atomic mass is 31.2. The first-order chi connectivity index (χ1) is 32.7. The van der Waals surface area contributed by atoms with Crippen LogP contribution in [0, 0.1) is 0 Å². The topological polar surface area (TPSA) is 155 Å². The van der Waals surface area contributed by atoms with Crippen LogP contribution in [0.25, 0.3) is 0 Å². The summed E-state index contributed by atoms with van der Waals surface area (Å²) >= 11 is 0. The van der Waals surface area contributed by atoms with Crippen molar-refractivity contribution in [3.8, 4) is 0 Å². The molecule has 3 atom stereocenters. The number of hydrogen-bond acceptors (Lipinski definition) is 8. The van der Waals surface area contributed by atoms with Gasteiger partial charge in [-0.1, -0.05) is 193 Å². The van der Waals surface area contributed by atoms with E-state index in [0.717, 1.165) is 116 Å². The first-order valence-corrected chi connectivity index (χ1v) is 27.1. The van der Waals surface area contributed by atoms with Gasteiger partial charge < -0.3 is 25.2 Å². The predicted octanol–water partition coefficient (Wildman–Crippen LogP) is 15.2. The zero-order valence-electron chi connectivity index (χ0n) is 41.7. The molecule has 0 aromatic rings. The first-order valence-electron chi connectivity index (χ1n) is 25.6. The molecule has 0 aliphatic heterocycles. The number of unbranched alkanes of at least 4 members (excludes halogenated alkanes) is 13. The molecule has 0 aliphatic rings. The minimum atomic E-state index is -4.64. The summed E-state index contributed by atoms with van der Waals surface area (Å²) < 4.78 is 33.5. The summed E-state index contributed by atoms with van der Waals surface area (Å²) in [6.07, 6.45) is 69.6. The molecule has 10 nitrogen and oxygen atoms in total. The molecule has 11 heteroatoms. The van der Waals surface area contributed by atoms with Crippen LogP contribution in [0.15, 0.2) is 122 Å². The molecule has 4 N–H and O–H groups in total. The largest absolute Gasteiger partial charge is 0.480 e. The van der Waals surface area contributed by atoms with E-state index in [-0.39, 0.29) is 13.0 Å². The molecule has 0 heterocycles. The van der Waals surface area contributed by atoms with E-state index < -0.39 is 45.1 Å². The summed E-state index contributed by atoms with van der Waals surface area (Å²) in [4.78, 5) is 33.7. The maximum absolute atomic E-state index is 12.7. The molecule has 0 aromatic carbocycles. The van der Waals surface area contributed by atoms with Crippen LogP contribution in [0.5, 0.6) is 0 Å². The lowest BCUT2D eigenvalue weighted by molar-refractivity contribution is -0.154. The first kappa shape index (κ1) is 63.4. The fourth-order valence-corrected chi connectivity index (χ4v) is 7.14. The number of rotatable bonds is 47. The standard InChI is InChI=1S/C56H92NO9P/c1-3-5-7-9-11-13-15-17-19-21-23-25-27-28-30-32-34-36-38-40-42-44-46-48-55(58)66-53(51-64-67(61,62)65-52-54(57)56(59)60)50-63-49-47-45-43-41-39-37-35-33-31-29-26-24-22-20-18-16-14-12-10-8-6-4-2/h5-8,11-14,17-20,23-26,28,30,34,36,53-54H,3-4,9-10,15-16,21-22,27,29,31-33,35,37-52,57H2,1-2H3,(H,59,60)(H,61,62)/b7-5-,8-6-,13-11-,14-12-,19-17-,20-18-,25-23-,26-24-,30-28-,36-34-. The number of nitrogens with two attached hydrogens (primary N) is 1. The van der Waals surface area contributed by atoms with Gasteiger partial charge in [0.2, 0.25) is 0 Å². The number of phosphoric ester groups is 1. The summed E-state index contributed by atoms with van der Waals surface area (Å²) in [5.74, 6) is -1.82. The van der Waals surface area contributed by atoms with Crippen molar-refractivity contribution in [3.05, 3.63) is 122 Å². The minimum Gasteiger partial charge on any atom is -0.480 e. The Balaban J connectivity index is 4.25. The van der Waals surface area contributed by atoms with Crippen LogP contribution in [0.3, 0.4) is 0 Å². The Kier molecular flexibility index (Phi) is 47.5. The lowest BCUT2D eigenvalue weighted by atomic mass is 10.1. The van der Waals surface area contributed by atoms with Gasteiger partial charge in [0.25, 0.3) is 0 Å². The number of esters is 1. The van der Waals surface area contributed by atoms with Gasteiger partial charge in [-0.15, -0.1) is 0 Å². The zero-order valence-corrected chi connectivity index (χ0v) is 42.6. The second-order valence-electron chi connectivity index (χ2n) is 16.5. The highest BCUT2D eigenvalue weighted by molar-refractivity contribution is 7.47. The molecule has 0 amide bonds. The quantitative estimate of drug-likeness (QED) is 0.0232. The van der Waals surface area contributed by atoms with Crippen molar-refractivity contribution in [2.75, 3.05) is 26.4 Å². The van der Waals surface area contributed by atoms with Gasteiger partial charge in [0.1, 0.15) is 12.1 Å². The van der Waals surface area contributed by atoms with Gasteiger partial charge in [0, 0.05) is 13.0 Å². The van der Waals surface area contributed by atoms with Crippen LogP contribution < -0.4 is 5.73 Å². The van der Waals surface area contributed by atoms with E-state index in [2.05, 4.69) is 135 Å². The van der Waals surface area contributed by atoms with Crippen molar-refractivity contribution in [2.45, 2.75) is 193 Å². The third kappa shape index (κ3) is 50.1. The lowest BCUT2D eigenvalue weighted by Crippen LogP contribution is -2.34. The Bertz CT molecular complexity index is 1520. The number of ether oxygens (including phenoxy) is 2. The van der Waals surface area contributed by atoms with Crippen LogP contribution in [0.2, 0.25) is 0 Å².